The number of hydrogen-bond donors (Lipinski definition) is 1. The van der Waals surface area contributed by atoms with Crippen LogP contribution in [0.4, 0.5) is 4.79 Å². The van der Waals surface area contributed by atoms with Crippen molar-refractivity contribution in [1.29, 1.82) is 0 Å². The second kappa shape index (κ2) is 7.09. The predicted octanol–water partition coefficient (Wildman–Crippen LogP) is 2.49. The number of aromatic nitrogens is 1. The third-order valence-corrected chi connectivity index (χ3v) is 4.69. The van der Waals surface area contributed by atoms with Crippen LogP contribution >= 0.6 is 0 Å². The second-order valence-corrected chi connectivity index (χ2v) is 6.41. The van der Waals surface area contributed by atoms with Gasteiger partial charge in [0.25, 0.3) is 0 Å². The minimum Gasteiger partial charge on any atom is -0.378 e. The van der Waals surface area contributed by atoms with Crippen LogP contribution < -0.4 is 5.32 Å². The summed E-state index contributed by atoms with van der Waals surface area (Å²) >= 11 is 0. The molecule has 2 aliphatic rings. The van der Waals surface area contributed by atoms with Crippen LogP contribution in [-0.4, -0.2) is 41.7 Å². The van der Waals surface area contributed by atoms with E-state index in [0.29, 0.717) is 18.6 Å². The van der Waals surface area contributed by atoms with Gasteiger partial charge < -0.3 is 15.0 Å². The molecule has 2 aliphatic heterocycles. The van der Waals surface area contributed by atoms with Gasteiger partial charge >= 0.3 is 6.03 Å². The van der Waals surface area contributed by atoms with Crippen molar-refractivity contribution >= 4 is 6.03 Å². The first kappa shape index (κ1) is 15.3. The molecule has 3 rings (SSSR count). The molecule has 0 spiro atoms. The summed E-state index contributed by atoms with van der Waals surface area (Å²) in [7, 11) is 0. The van der Waals surface area contributed by atoms with Gasteiger partial charge in [0.15, 0.2) is 0 Å². The zero-order valence-corrected chi connectivity index (χ0v) is 13.3. The highest BCUT2D eigenvalue weighted by Crippen LogP contribution is 2.28. The highest BCUT2D eigenvalue weighted by molar-refractivity contribution is 5.74. The molecule has 1 aromatic heterocycles. The van der Waals surface area contributed by atoms with Crippen LogP contribution in [-0.2, 0) is 11.3 Å². The number of rotatable bonds is 3. The fourth-order valence-corrected chi connectivity index (χ4v) is 3.45. The Morgan fingerprint density at radius 1 is 1.36 bits per heavy atom. The van der Waals surface area contributed by atoms with Gasteiger partial charge in [-0.2, -0.15) is 0 Å². The highest BCUT2D eigenvalue weighted by Gasteiger charge is 2.30. The third-order valence-electron chi connectivity index (χ3n) is 4.69. The van der Waals surface area contributed by atoms with Crippen molar-refractivity contribution in [2.45, 2.75) is 45.3 Å². The number of pyridine rings is 1. The molecule has 2 amide bonds. The van der Waals surface area contributed by atoms with Crippen LogP contribution in [0.15, 0.2) is 18.5 Å². The maximum absolute atomic E-state index is 12.2. The van der Waals surface area contributed by atoms with Crippen molar-refractivity contribution in [1.82, 2.24) is 15.2 Å². The van der Waals surface area contributed by atoms with Crippen molar-refractivity contribution in [3.63, 3.8) is 0 Å². The summed E-state index contributed by atoms with van der Waals surface area (Å²) in [4.78, 5) is 18.3. The van der Waals surface area contributed by atoms with Crippen LogP contribution in [0.5, 0.6) is 0 Å². The number of ether oxygens (including phenoxy) is 1. The zero-order chi connectivity index (χ0) is 15.4. The lowest BCUT2D eigenvalue weighted by Crippen LogP contribution is -2.45. The van der Waals surface area contributed by atoms with E-state index in [-0.39, 0.29) is 6.03 Å². The van der Waals surface area contributed by atoms with Crippen LogP contribution in [0.1, 0.15) is 36.8 Å². The Labute approximate surface area is 132 Å². The quantitative estimate of drug-likeness (QED) is 0.933. The normalized spacial score (nSPS) is 22.8. The van der Waals surface area contributed by atoms with E-state index in [1.807, 2.05) is 18.0 Å². The van der Waals surface area contributed by atoms with E-state index in [9.17, 15) is 4.79 Å². The van der Waals surface area contributed by atoms with E-state index >= 15 is 0 Å². The summed E-state index contributed by atoms with van der Waals surface area (Å²) < 4.78 is 5.78. The molecule has 1 unspecified atom stereocenters. The van der Waals surface area contributed by atoms with Gasteiger partial charge in [-0.25, -0.2) is 4.79 Å². The topological polar surface area (TPSA) is 54.5 Å². The van der Waals surface area contributed by atoms with Crippen LogP contribution in [0, 0.1) is 12.8 Å². The van der Waals surface area contributed by atoms with Gasteiger partial charge in [-0.3, -0.25) is 4.98 Å². The van der Waals surface area contributed by atoms with Gasteiger partial charge in [-0.05, 0) is 49.7 Å². The summed E-state index contributed by atoms with van der Waals surface area (Å²) in [6.07, 6.45) is 8.56. The Bertz CT molecular complexity index is 506. The fraction of sp³-hybridized carbons (Fsp3) is 0.647. The number of amides is 2. The molecule has 0 aromatic carbocycles. The van der Waals surface area contributed by atoms with E-state index in [1.54, 1.807) is 6.20 Å². The summed E-state index contributed by atoms with van der Waals surface area (Å²) in [6.45, 7) is 5.13. The lowest BCUT2D eigenvalue weighted by molar-refractivity contribution is 0.0372. The fourth-order valence-electron chi connectivity index (χ4n) is 3.45. The van der Waals surface area contributed by atoms with Gasteiger partial charge in [-0.1, -0.05) is 6.07 Å². The van der Waals surface area contributed by atoms with Gasteiger partial charge in [-0.15, -0.1) is 0 Å². The third kappa shape index (κ3) is 3.77. The van der Waals surface area contributed by atoms with Crippen LogP contribution in [0.2, 0.25) is 0 Å². The molecule has 0 radical (unpaired) electrons. The Hall–Kier alpha value is -1.62. The monoisotopic (exact) mass is 303 g/mol. The number of hydrogen-bond acceptors (Lipinski definition) is 3. The van der Waals surface area contributed by atoms with Crippen LogP contribution in [0.3, 0.4) is 0 Å². The number of nitrogens with zero attached hydrogens (tertiary/aromatic N) is 2. The van der Waals surface area contributed by atoms with Gasteiger partial charge in [0.2, 0.25) is 0 Å². The molecular weight excluding hydrogens is 278 g/mol. The molecule has 1 aromatic rings. The SMILES string of the molecule is Cc1cncc(CNC(=O)N2CCC(C3CCCO3)CC2)c1. The largest absolute Gasteiger partial charge is 0.378 e. The number of piperidine rings is 1. The van der Waals surface area contributed by atoms with E-state index < -0.39 is 0 Å². The standard InChI is InChI=1S/C17H25N3O2/c1-13-9-14(11-18-10-13)12-19-17(21)20-6-4-15(5-7-20)16-3-2-8-22-16/h9-11,15-16H,2-8,12H2,1H3,(H,19,21). The lowest BCUT2D eigenvalue weighted by atomic mass is 9.90. The minimum absolute atomic E-state index is 0.0345. The first-order valence-electron chi connectivity index (χ1n) is 8.27. The Morgan fingerprint density at radius 3 is 2.86 bits per heavy atom. The van der Waals surface area contributed by atoms with Crippen molar-refractivity contribution < 1.29 is 9.53 Å². The molecule has 0 aliphatic carbocycles. The molecule has 5 heteroatoms. The molecule has 2 saturated heterocycles. The predicted molar refractivity (Wildman–Crippen MR) is 84.5 cm³/mol. The summed E-state index contributed by atoms with van der Waals surface area (Å²) in [6, 6.07) is 2.09. The number of urea groups is 1. The number of likely N-dealkylation sites (tertiary alicyclic amines) is 1. The Morgan fingerprint density at radius 2 is 2.18 bits per heavy atom. The highest BCUT2D eigenvalue weighted by atomic mass is 16.5. The van der Waals surface area contributed by atoms with Crippen molar-refractivity contribution in [2.24, 2.45) is 5.92 Å². The molecule has 1 atom stereocenters. The van der Waals surface area contributed by atoms with E-state index in [4.69, 9.17) is 4.74 Å². The molecule has 1 N–H and O–H groups in total. The zero-order valence-electron chi connectivity index (χ0n) is 13.3. The van der Waals surface area contributed by atoms with E-state index in [0.717, 1.165) is 43.7 Å². The van der Waals surface area contributed by atoms with Gasteiger partial charge in [0, 0.05) is 38.6 Å². The number of nitrogens with one attached hydrogen (secondary N) is 1. The minimum atomic E-state index is 0.0345. The van der Waals surface area contributed by atoms with E-state index in [2.05, 4.69) is 16.4 Å². The average Bonchev–Trinajstić information content (AvgIpc) is 3.07. The molecule has 3 heterocycles. The first-order valence-corrected chi connectivity index (χ1v) is 8.27. The number of carbonyl (C=O) groups excluding carboxylic acids is 1. The maximum Gasteiger partial charge on any atom is 0.317 e. The maximum atomic E-state index is 12.2. The van der Waals surface area contributed by atoms with Crippen LogP contribution in [0.25, 0.3) is 0 Å². The molecular formula is C17H25N3O2. The smallest absolute Gasteiger partial charge is 0.317 e. The molecule has 0 bridgehead atoms. The summed E-state index contributed by atoms with van der Waals surface area (Å²) in [5.41, 5.74) is 2.16. The van der Waals surface area contributed by atoms with Crippen molar-refractivity contribution in [3.05, 3.63) is 29.6 Å². The molecule has 2 fully saturated rings. The van der Waals surface area contributed by atoms with Gasteiger partial charge in [0.1, 0.15) is 0 Å². The second-order valence-electron chi connectivity index (χ2n) is 6.41. The molecule has 120 valence electrons. The Balaban J connectivity index is 1.43. The molecule has 5 nitrogen and oxygen atoms in total. The Kier molecular flexibility index (Phi) is 4.93. The van der Waals surface area contributed by atoms with Gasteiger partial charge in [0.05, 0.1) is 6.10 Å². The number of carbonyl (C=O) groups is 1. The van der Waals surface area contributed by atoms with Crippen molar-refractivity contribution in [2.75, 3.05) is 19.7 Å². The average molecular weight is 303 g/mol. The number of aryl methyl sites for hydroxylation is 1. The summed E-state index contributed by atoms with van der Waals surface area (Å²) in [5, 5.41) is 3.00. The van der Waals surface area contributed by atoms with E-state index in [1.165, 1.54) is 12.8 Å². The lowest BCUT2D eigenvalue weighted by Gasteiger charge is -2.34. The first-order chi connectivity index (χ1) is 10.7. The van der Waals surface area contributed by atoms with Crippen molar-refractivity contribution in [3.8, 4) is 0 Å². The molecule has 0 saturated carbocycles. The molecule has 22 heavy (non-hydrogen) atoms. The summed E-state index contributed by atoms with van der Waals surface area (Å²) in [5.74, 6) is 0.632.